The largest absolute Gasteiger partial charge is 0.328 e. The van der Waals surface area contributed by atoms with Gasteiger partial charge in [0, 0.05) is 31.0 Å². The van der Waals surface area contributed by atoms with Gasteiger partial charge in [-0.1, -0.05) is 6.42 Å². The van der Waals surface area contributed by atoms with Crippen LogP contribution in [0.2, 0.25) is 0 Å². The minimum absolute atomic E-state index is 0.414. The van der Waals surface area contributed by atoms with Crippen molar-refractivity contribution in [2.45, 2.75) is 44.2 Å². The fraction of sp³-hybridized carbons (Fsp3) is 0.643. The molecule has 3 nitrogen and oxygen atoms in total. The summed E-state index contributed by atoms with van der Waals surface area (Å²) in [5.41, 5.74) is 7.40. The summed E-state index contributed by atoms with van der Waals surface area (Å²) in [4.78, 5) is 6.51. The second-order valence-electron chi connectivity index (χ2n) is 5.17. The second-order valence-corrected chi connectivity index (χ2v) is 5.17. The third kappa shape index (κ3) is 3.79. The van der Waals surface area contributed by atoms with Gasteiger partial charge in [-0.05, 0) is 50.4 Å². The van der Waals surface area contributed by atoms with Crippen LogP contribution in [0.3, 0.4) is 0 Å². The Morgan fingerprint density at radius 1 is 1.35 bits per heavy atom. The zero-order valence-corrected chi connectivity index (χ0v) is 10.7. The summed E-state index contributed by atoms with van der Waals surface area (Å²) in [6.45, 7) is 1.11. The van der Waals surface area contributed by atoms with Gasteiger partial charge in [-0.2, -0.15) is 0 Å². The lowest BCUT2D eigenvalue weighted by Crippen LogP contribution is -2.41. The third-order valence-corrected chi connectivity index (χ3v) is 3.81. The monoisotopic (exact) mass is 233 g/mol. The number of hydrogen-bond acceptors (Lipinski definition) is 3. The van der Waals surface area contributed by atoms with E-state index < -0.39 is 0 Å². The minimum atomic E-state index is 0.414. The van der Waals surface area contributed by atoms with Crippen molar-refractivity contribution in [1.29, 1.82) is 0 Å². The Morgan fingerprint density at radius 3 is 2.82 bits per heavy atom. The van der Waals surface area contributed by atoms with E-state index in [9.17, 15) is 0 Å². The highest BCUT2D eigenvalue weighted by molar-refractivity contribution is 5.09. The third-order valence-electron chi connectivity index (χ3n) is 3.81. The van der Waals surface area contributed by atoms with Crippen molar-refractivity contribution in [3.05, 3.63) is 30.1 Å². The first-order chi connectivity index (χ1) is 8.25. The quantitative estimate of drug-likeness (QED) is 0.862. The number of nitrogens with two attached hydrogens (primary N) is 1. The molecule has 0 aromatic carbocycles. The lowest BCUT2D eigenvalue weighted by atomic mass is 9.90. The van der Waals surface area contributed by atoms with E-state index in [0.717, 1.165) is 19.4 Å². The predicted molar refractivity (Wildman–Crippen MR) is 70.8 cm³/mol. The van der Waals surface area contributed by atoms with Crippen LogP contribution < -0.4 is 5.73 Å². The Hall–Kier alpha value is -0.930. The molecule has 1 aliphatic carbocycles. The first-order valence-electron chi connectivity index (χ1n) is 6.60. The number of hydrogen-bond donors (Lipinski definition) is 1. The molecule has 17 heavy (non-hydrogen) atoms. The van der Waals surface area contributed by atoms with Crippen molar-refractivity contribution in [3.8, 4) is 0 Å². The average Bonchev–Trinajstić information content (AvgIpc) is 2.37. The molecule has 1 saturated carbocycles. The van der Waals surface area contributed by atoms with Gasteiger partial charge in [-0.25, -0.2) is 0 Å². The fourth-order valence-corrected chi connectivity index (χ4v) is 2.64. The summed E-state index contributed by atoms with van der Waals surface area (Å²) < 4.78 is 0. The maximum absolute atomic E-state index is 6.04. The van der Waals surface area contributed by atoms with E-state index in [1.54, 1.807) is 0 Å². The Bertz CT molecular complexity index is 325. The first-order valence-corrected chi connectivity index (χ1v) is 6.60. The molecule has 0 radical (unpaired) electrons. The molecule has 1 aromatic heterocycles. The van der Waals surface area contributed by atoms with Crippen LogP contribution in [0.1, 0.15) is 31.2 Å². The average molecular weight is 233 g/mol. The first kappa shape index (κ1) is 12.5. The zero-order valence-electron chi connectivity index (χ0n) is 10.7. The predicted octanol–water partition coefficient (Wildman–Crippen LogP) is 1.83. The summed E-state index contributed by atoms with van der Waals surface area (Å²) in [6, 6.07) is 5.29. The maximum atomic E-state index is 6.04. The minimum Gasteiger partial charge on any atom is -0.328 e. The SMILES string of the molecule is CN(CCc1ccncc1)C1CCCC(N)C1. The number of nitrogens with zero attached hydrogens (tertiary/aromatic N) is 2. The van der Waals surface area contributed by atoms with E-state index in [1.807, 2.05) is 12.4 Å². The van der Waals surface area contributed by atoms with Crippen LogP contribution in [0, 0.1) is 0 Å². The van der Waals surface area contributed by atoms with E-state index in [2.05, 4.69) is 29.1 Å². The summed E-state index contributed by atoms with van der Waals surface area (Å²) in [6.07, 6.45) is 9.79. The lowest BCUT2D eigenvalue weighted by Gasteiger charge is -2.34. The van der Waals surface area contributed by atoms with Crippen LogP contribution in [0.5, 0.6) is 0 Å². The molecule has 1 heterocycles. The maximum Gasteiger partial charge on any atom is 0.0270 e. The standard InChI is InChI=1S/C14H23N3/c1-17(14-4-2-3-13(15)11-14)10-7-12-5-8-16-9-6-12/h5-6,8-9,13-14H,2-4,7,10-11,15H2,1H3. The van der Waals surface area contributed by atoms with Crippen LogP contribution in [0.25, 0.3) is 0 Å². The molecule has 0 amide bonds. The molecule has 2 N–H and O–H groups in total. The Balaban J connectivity index is 1.79. The molecule has 1 aliphatic rings. The molecule has 2 unspecified atom stereocenters. The lowest BCUT2D eigenvalue weighted by molar-refractivity contribution is 0.182. The van der Waals surface area contributed by atoms with Crippen LogP contribution in [0.4, 0.5) is 0 Å². The van der Waals surface area contributed by atoms with Crippen LogP contribution in [0.15, 0.2) is 24.5 Å². The van der Waals surface area contributed by atoms with E-state index >= 15 is 0 Å². The summed E-state index contributed by atoms with van der Waals surface area (Å²) in [5.74, 6) is 0. The van der Waals surface area contributed by atoms with E-state index in [4.69, 9.17) is 5.73 Å². The van der Waals surface area contributed by atoms with Gasteiger partial charge >= 0.3 is 0 Å². The number of rotatable bonds is 4. The molecule has 1 aromatic rings. The summed E-state index contributed by atoms with van der Waals surface area (Å²) in [7, 11) is 2.23. The summed E-state index contributed by atoms with van der Waals surface area (Å²) in [5, 5.41) is 0. The van der Waals surface area contributed by atoms with Gasteiger partial charge in [0.15, 0.2) is 0 Å². The van der Waals surface area contributed by atoms with Crippen LogP contribution in [-0.2, 0) is 6.42 Å². The molecule has 2 atom stereocenters. The Labute approximate surface area is 104 Å². The van der Waals surface area contributed by atoms with E-state index in [-0.39, 0.29) is 0 Å². The van der Waals surface area contributed by atoms with Crippen molar-refractivity contribution in [1.82, 2.24) is 9.88 Å². The fourth-order valence-electron chi connectivity index (χ4n) is 2.64. The molecule has 3 heteroatoms. The van der Waals surface area contributed by atoms with E-state index in [1.165, 1.54) is 24.8 Å². The summed E-state index contributed by atoms with van der Waals surface area (Å²) >= 11 is 0. The molecule has 0 saturated heterocycles. The highest BCUT2D eigenvalue weighted by Gasteiger charge is 2.22. The van der Waals surface area contributed by atoms with Gasteiger partial charge in [-0.3, -0.25) is 4.98 Å². The molecule has 2 rings (SSSR count). The zero-order chi connectivity index (χ0) is 12.1. The van der Waals surface area contributed by atoms with Gasteiger partial charge in [0.1, 0.15) is 0 Å². The van der Waals surface area contributed by atoms with Crippen molar-refractivity contribution in [2.24, 2.45) is 5.73 Å². The van der Waals surface area contributed by atoms with Gasteiger partial charge < -0.3 is 10.6 Å². The topological polar surface area (TPSA) is 42.2 Å². The molecular formula is C14H23N3. The second kappa shape index (κ2) is 6.12. The van der Waals surface area contributed by atoms with Gasteiger partial charge in [-0.15, -0.1) is 0 Å². The van der Waals surface area contributed by atoms with E-state index in [0.29, 0.717) is 12.1 Å². The van der Waals surface area contributed by atoms with Crippen LogP contribution in [-0.4, -0.2) is 35.6 Å². The number of pyridine rings is 1. The molecule has 0 spiro atoms. The van der Waals surface area contributed by atoms with Crippen molar-refractivity contribution < 1.29 is 0 Å². The Morgan fingerprint density at radius 2 is 2.12 bits per heavy atom. The number of likely N-dealkylation sites (N-methyl/N-ethyl adjacent to an activating group) is 1. The van der Waals surface area contributed by atoms with Crippen molar-refractivity contribution in [2.75, 3.05) is 13.6 Å². The normalized spacial score (nSPS) is 25.1. The molecular weight excluding hydrogens is 210 g/mol. The molecule has 1 fully saturated rings. The van der Waals surface area contributed by atoms with Crippen molar-refractivity contribution in [3.63, 3.8) is 0 Å². The van der Waals surface area contributed by atoms with Gasteiger partial charge in [0.2, 0.25) is 0 Å². The molecule has 0 bridgehead atoms. The smallest absolute Gasteiger partial charge is 0.0270 e. The van der Waals surface area contributed by atoms with Gasteiger partial charge in [0.05, 0.1) is 0 Å². The highest BCUT2D eigenvalue weighted by Crippen LogP contribution is 2.21. The highest BCUT2D eigenvalue weighted by atomic mass is 15.1. The molecule has 0 aliphatic heterocycles. The Kier molecular flexibility index (Phi) is 4.51. The number of aromatic nitrogens is 1. The molecule has 94 valence electrons. The van der Waals surface area contributed by atoms with Crippen molar-refractivity contribution >= 4 is 0 Å². The van der Waals surface area contributed by atoms with Gasteiger partial charge in [0.25, 0.3) is 0 Å². The van der Waals surface area contributed by atoms with Crippen LogP contribution >= 0.6 is 0 Å².